The van der Waals surface area contributed by atoms with Gasteiger partial charge in [-0.1, -0.05) is 0 Å². The fourth-order valence-electron chi connectivity index (χ4n) is 0.0905. The molecular formula is C4CuN4. The second kappa shape index (κ2) is 2.71. The first kappa shape index (κ1) is 7.48. The average molecular weight is 168 g/mol. The van der Waals surface area contributed by atoms with Crippen molar-refractivity contribution in [3.05, 3.63) is 0 Å². The molecule has 0 spiro atoms. The van der Waals surface area contributed by atoms with Gasteiger partial charge in [0.25, 0.3) is 0 Å². The molecule has 0 unspecified atom stereocenters. The SMILES string of the molecule is N#[C][Cu]([C]#N)([C]#N)[C]#N. The summed E-state index contributed by atoms with van der Waals surface area (Å²) in [7, 11) is 0. The molecule has 0 aromatic heterocycles. The first-order chi connectivity index (χ1) is 4.24. The molecule has 0 aromatic carbocycles. The van der Waals surface area contributed by atoms with E-state index in [0.717, 1.165) is 0 Å². The summed E-state index contributed by atoms with van der Waals surface area (Å²) in [5.41, 5.74) is 0. The normalized spacial score (nSPS) is 9.33. The van der Waals surface area contributed by atoms with Gasteiger partial charge in [-0.05, 0) is 0 Å². The molecule has 0 atom stereocenters. The number of rotatable bonds is 0. The maximum atomic E-state index is 8.09. The van der Waals surface area contributed by atoms with Crippen molar-refractivity contribution in [3.63, 3.8) is 0 Å². The molecule has 0 aliphatic heterocycles. The first-order valence-corrected chi connectivity index (χ1v) is 3.38. The molecule has 9 heavy (non-hydrogen) atoms. The summed E-state index contributed by atoms with van der Waals surface area (Å²) < 4.78 is 0. The van der Waals surface area contributed by atoms with Crippen molar-refractivity contribution in [1.29, 1.82) is 21.0 Å². The summed E-state index contributed by atoms with van der Waals surface area (Å²) >= 11 is -2.88. The molecule has 0 bridgehead atoms. The predicted molar refractivity (Wildman–Crippen MR) is 22.5 cm³/mol. The second-order valence-electron chi connectivity index (χ2n) is 0.722. The monoisotopic (exact) mass is 167 g/mol. The molecule has 0 heterocycles. The number of hydrogen-bond acceptors (Lipinski definition) is 4. The Hall–Kier alpha value is -1.52. The summed E-state index contributed by atoms with van der Waals surface area (Å²) in [5, 5.41) is 32.4. The van der Waals surface area contributed by atoms with Crippen LogP contribution >= 0.6 is 0 Å². The Morgan fingerprint density at radius 1 is 0.667 bits per heavy atom. The molecule has 0 radical (unpaired) electrons. The van der Waals surface area contributed by atoms with E-state index >= 15 is 0 Å². The fraction of sp³-hybridized carbons (Fsp3) is 0. The molecule has 0 aromatic rings. The fourth-order valence-corrected chi connectivity index (χ4v) is 0.373. The van der Waals surface area contributed by atoms with E-state index in [4.69, 9.17) is 21.0 Å². The van der Waals surface area contributed by atoms with Crippen molar-refractivity contribution < 1.29 is 12.8 Å². The van der Waals surface area contributed by atoms with Gasteiger partial charge in [-0.3, -0.25) is 0 Å². The summed E-state index contributed by atoms with van der Waals surface area (Å²) in [6.45, 7) is 0. The molecule has 0 rings (SSSR count). The van der Waals surface area contributed by atoms with Gasteiger partial charge in [0.2, 0.25) is 0 Å². The van der Waals surface area contributed by atoms with E-state index in [2.05, 4.69) is 0 Å². The average Bonchev–Trinajstić information content (AvgIpc) is 1.95. The van der Waals surface area contributed by atoms with Crippen molar-refractivity contribution in [2.45, 2.75) is 0 Å². The number of nitrogens with zero attached hydrogens (tertiary/aromatic N) is 4. The van der Waals surface area contributed by atoms with E-state index in [0.29, 0.717) is 0 Å². The van der Waals surface area contributed by atoms with Gasteiger partial charge in [-0.25, -0.2) is 0 Å². The van der Waals surface area contributed by atoms with Crippen LogP contribution in [0, 0.1) is 40.9 Å². The van der Waals surface area contributed by atoms with Gasteiger partial charge in [0.05, 0.1) is 0 Å². The molecule has 0 aliphatic carbocycles. The van der Waals surface area contributed by atoms with Crippen LogP contribution in [0.5, 0.6) is 0 Å². The van der Waals surface area contributed by atoms with Gasteiger partial charge in [0.15, 0.2) is 0 Å². The van der Waals surface area contributed by atoms with Crippen LogP contribution in [-0.4, -0.2) is 0 Å². The number of hydrogen-bond donors (Lipinski definition) is 0. The second-order valence-corrected chi connectivity index (χ2v) is 2.98. The summed E-state index contributed by atoms with van der Waals surface area (Å²) in [4.78, 5) is 5.44. The zero-order chi connectivity index (χ0) is 7.33. The van der Waals surface area contributed by atoms with Crippen LogP contribution in [0.2, 0.25) is 0 Å². The quantitative estimate of drug-likeness (QED) is 0.477. The summed E-state index contributed by atoms with van der Waals surface area (Å²) in [6, 6.07) is 0. The van der Waals surface area contributed by atoms with Gasteiger partial charge in [-0.15, -0.1) is 0 Å². The summed E-state index contributed by atoms with van der Waals surface area (Å²) in [6.07, 6.45) is 0. The predicted octanol–water partition coefficient (Wildman–Crippen LogP) is 0.0646. The zero-order valence-corrected chi connectivity index (χ0v) is 5.03. The standard InChI is InChI=1S/4CN.Cu/c4*1-2;. The third kappa shape index (κ3) is 1.18. The Balaban J connectivity index is 4.84. The van der Waals surface area contributed by atoms with E-state index in [1.165, 1.54) is 19.9 Å². The van der Waals surface area contributed by atoms with Gasteiger partial charge in [0.1, 0.15) is 0 Å². The molecule has 0 fully saturated rings. The van der Waals surface area contributed by atoms with Crippen molar-refractivity contribution in [2.75, 3.05) is 0 Å². The van der Waals surface area contributed by atoms with Gasteiger partial charge >= 0.3 is 53.8 Å². The molecule has 0 amide bonds. The van der Waals surface area contributed by atoms with Crippen LogP contribution in [0.3, 0.4) is 0 Å². The Kier molecular flexibility index (Phi) is 2.25. The molecule has 0 saturated heterocycles. The van der Waals surface area contributed by atoms with Crippen LogP contribution in [-0.2, 0) is 12.8 Å². The Labute approximate surface area is 54.4 Å². The molecule has 5 heteroatoms. The van der Waals surface area contributed by atoms with E-state index in [1.807, 2.05) is 0 Å². The van der Waals surface area contributed by atoms with Crippen molar-refractivity contribution in [1.82, 2.24) is 0 Å². The summed E-state index contributed by atoms with van der Waals surface area (Å²) in [5.74, 6) is 0. The molecule has 0 saturated carbocycles. The minimum absolute atomic E-state index is 1.36. The van der Waals surface area contributed by atoms with Crippen molar-refractivity contribution in [3.8, 4) is 19.9 Å². The maximum absolute atomic E-state index is 8.09. The van der Waals surface area contributed by atoms with Crippen molar-refractivity contribution in [2.24, 2.45) is 0 Å². The van der Waals surface area contributed by atoms with Crippen molar-refractivity contribution >= 4 is 0 Å². The van der Waals surface area contributed by atoms with Crippen LogP contribution in [0.15, 0.2) is 0 Å². The molecule has 0 aliphatic rings. The molecular weight excluding hydrogens is 168 g/mol. The van der Waals surface area contributed by atoms with Crippen LogP contribution in [0.4, 0.5) is 0 Å². The molecule has 4 nitrogen and oxygen atoms in total. The van der Waals surface area contributed by atoms with Gasteiger partial charge < -0.3 is 0 Å². The Bertz CT molecular complexity index is 205. The van der Waals surface area contributed by atoms with E-state index < -0.39 is 12.8 Å². The van der Waals surface area contributed by atoms with Crippen LogP contribution < -0.4 is 0 Å². The molecule has 0 N–H and O–H groups in total. The van der Waals surface area contributed by atoms with Gasteiger partial charge in [-0.2, -0.15) is 0 Å². The zero-order valence-electron chi connectivity index (χ0n) is 4.09. The first-order valence-electron chi connectivity index (χ1n) is 1.50. The van der Waals surface area contributed by atoms with Crippen LogP contribution in [0.25, 0.3) is 0 Å². The van der Waals surface area contributed by atoms with E-state index in [9.17, 15) is 0 Å². The minimum atomic E-state index is -2.88. The van der Waals surface area contributed by atoms with Gasteiger partial charge in [0, 0.05) is 0 Å². The van der Waals surface area contributed by atoms with E-state index in [1.54, 1.807) is 0 Å². The van der Waals surface area contributed by atoms with Crippen LogP contribution in [0.1, 0.15) is 0 Å². The Morgan fingerprint density at radius 3 is 0.889 bits per heavy atom. The Morgan fingerprint density at radius 2 is 0.889 bits per heavy atom. The topological polar surface area (TPSA) is 95.2 Å². The third-order valence-corrected chi connectivity index (χ3v) is 1.67. The molecule has 47 valence electrons. The number of nitriles is 4. The third-order valence-electron chi connectivity index (χ3n) is 0.405. The van der Waals surface area contributed by atoms with E-state index in [-0.39, 0.29) is 0 Å².